The molecule has 10 unspecified atom stereocenters. The Hall–Kier alpha value is -2.30. The molecule has 44 heavy (non-hydrogen) atoms. The molecule has 0 aromatic heterocycles. The molecule has 9 rings (SSSR count). The number of esters is 3. The molecule has 0 N–H and O–H groups in total. The van der Waals surface area contributed by atoms with Crippen LogP contribution in [0.5, 0.6) is 0 Å². The first kappa shape index (κ1) is 29.1. The lowest BCUT2D eigenvalue weighted by Gasteiger charge is -2.56. The minimum Gasteiger partial charge on any atom is -0.460 e. The molecular weight excluding hydrogens is 576 g/mol. The third-order valence-corrected chi connectivity index (χ3v) is 12.6. The van der Waals surface area contributed by atoms with Gasteiger partial charge in [-0.15, -0.1) is 0 Å². The number of nitrogens with zero attached hydrogens (tertiary/aromatic N) is 1. The molecule has 0 aromatic rings. The first-order chi connectivity index (χ1) is 20.8. The van der Waals surface area contributed by atoms with Crippen LogP contribution in [-0.4, -0.2) is 77.2 Å². The van der Waals surface area contributed by atoms with Gasteiger partial charge in [-0.25, -0.2) is 8.78 Å². The number of hydrogen-bond donors (Lipinski definition) is 0. The number of amides is 1. The number of carbonyl (C=O) groups is 4. The second kappa shape index (κ2) is 9.85. The summed E-state index contributed by atoms with van der Waals surface area (Å²) < 4.78 is 50.5. The Morgan fingerprint density at radius 3 is 2.07 bits per heavy atom. The van der Waals surface area contributed by atoms with Crippen molar-refractivity contribution in [3.63, 3.8) is 0 Å². The molecule has 8 bridgehead atoms. The minimum atomic E-state index is -3.20. The van der Waals surface area contributed by atoms with E-state index in [9.17, 15) is 28.0 Å². The zero-order valence-electron chi connectivity index (χ0n) is 25.6. The second-order valence-electron chi connectivity index (χ2n) is 15.9. The Kier molecular flexibility index (Phi) is 6.52. The van der Waals surface area contributed by atoms with Crippen molar-refractivity contribution in [1.82, 2.24) is 4.90 Å². The van der Waals surface area contributed by atoms with Crippen LogP contribution in [0.15, 0.2) is 0 Å². The third-order valence-electron chi connectivity index (χ3n) is 12.6. The number of alkyl halides is 2. The van der Waals surface area contributed by atoms with Crippen molar-refractivity contribution in [2.45, 2.75) is 120 Å². The molecule has 9 fully saturated rings. The standard InChI is InChI=1S/C33H43F2NO8/c1-14(2)36-26-18-9-19(23(22(18)28(36)37)31(40)44-33-10-15-6-16(11-33)8-17(7-15)12-33)27(26)43-30(39)25-21-5-4-20(42-21)24(25)29(38)41-13-32(3,34)35/h14-27H,4-13H2,1-3H3. The molecule has 3 aliphatic heterocycles. The number of hydrogen-bond acceptors (Lipinski definition) is 8. The number of carbonyl (C=O) groups excluding carboxylic acids is 4. The Labute approximate surface area is 256 Å². The molecule has 3 saturated heterocycles. The highest BCUT2D eigenvalue weighted by atomic mass is 19.3. The number of ether oxygens (including phenoxy) is 4. The van der Waals surface area contributed by atoms with Gasteiger partial charge in [0.15, 0.2) is 6.61 Å². The fourth-order valence-corrected chi connectivity index (χ4v) is 11.6. The fourth-order valence-electron chi connectivity index (χ4n) is 11.6. The van der Waals surface area contributed by atoms with E-state index in [1.807, 2.05) is 13.8 Å². The Morgan fingerprint density at radius 1 is 0.909 bits per heavy atom. The lowest BCUT2D eigenvalue weighted by atomic mass is 9.54. The summed E-state index contributed by atoms with van der Waals surface area (Å²) in [5, 5.41) is 0. The van der Waals surface area contributed by atoms with Gasteiger partial charge in [-0.05, 0) is 95.3 Å². The molecule has 3 heterocycles. The quantitative estimate of drug-likeness (QED) is 0.298. The third kappa shape index (κ3) is 4.37. The lowest BCUT2D eigenvalue weighted by Crippen LogP contribution is -2.54. The van der Waals surface area contributed by atoms with E-state index in [0.717, 1.165) is 19.3 Å². The van der Waals surface area contributed by atoms with Gasteiger partial charge in [-0.3, -0.25) is 19.2 Å². The maximum Gasteiger partial charge on any atom is 0.312 e. The van der Waals surface area contributed by atoms with Crippen molar-refractivity contribution in [2.24, 2.45) is 53.3 Å². The zero-order valence-corrected chi connectivity index (χ0v) is 25.6. The van der Waals surface area contributed by atoms with Crippen LogP contribution < -0.4 is 0 Å². The summed E-state index contributed by atoms with van der Waals surface area (Å²) in [5.74, 6) is -6.98. The lowest BCUT2D eigenvalue weighted by molar-refractivity contribution is -0.197. The van der Waals surface area contributed by atoms with Crippen molar-refractivity contribution in [2.75, 3.05) is 6.61 Å². The molecule has 9 aliphatic rings. The van der Waals surface area contributed by atoms with E-state index in [-0.39, 0.29) is 35.8 Å². The molecule has 6 saturated carbocycles. The average molecular weight is 620 g/mol. The summed E-state index contributed by atoms with van der Waals surface area (Å²) in [7, 11) is 0. The van der Waals surface area contributed by atoms with Crippen molar-refractivity contribution >= 4 is 23.8 Å². The molecule has 0 aromatic carbocycles. The normalized spacial score (nSPS) is 47.6. The van der Waals surface area contributed by atoms with E-state index in [2.05, 4.69) is 0 Å². The first-order valence-corrected chi connectivity index (χ1v) is 16.8. The minimum absolute atomic E-state index is 0.0753. The number of fused-ring (bicyclic) bond motifs is 3. The predicted molar refractivity (Wildman–Crippen MR) is 148 cm³/mol. The highest BCUT2D eigenvalue weighted by Crippen LogP contribution is 2.62. The van der Waals surface area contributed by atoms with Gasteiger partial charge in [0.25, 0.3) is 5.92 Å². The summed E-state index contributed by atoms with van der Waals surface area (Å²) in [5.41, 5.74) is -0.443. The first-order valence-electron chi connectivity index (χ1n) is 16.8. The van der Waals surface area contributed by atoms with Crippen LogP contribution in [-0.2, 0) is 38.1 Å². The van der Waals surface area contributed by atoms with Crippen LogP contribution in [0.2, 0.25) is 0 Å². The highest BCUT2D eigenvalue weighted by molar-refractivity contribution is 5.91. The van der Waals surface area contributed by atoms with Gasteiger partial charge < -0.3 is 23.8 Å². The summed E-state index contributed by atoms with van der Waals surface area (Å²) >= 11 is 0. The Balaban J connectivity index is 1.04. The maximum absolute atomic E-state index is 14.1. The van der Waals surface area contributed by atoms with Gasteiger partial charge in [0.1, 0.15) is 11.7 Å². The molecule has 0 radical (unpaired) electrons. The largest absolute Gasteiger partial charge is 0.460 e. The number of halogens is 2. The molecule has 9 nitrogen and oxygen atoms in total. The fraction of sp³-hybridized carbons (Fsp3) is 0.879. The molecule has 242 valence electrons. The SMILES string of the molecule is CC(C)N1C(=O)C2C3CC(C(OC(=O)C4C5CCC(O5)C4C(=O)OCC(C)(F)F)C31)C2C(=O)OC12CC3CC(CC(C3)C1)C2. The van der Waals surface area contributed by atoms with Gasteiger partial charge in [-0.1, -0.05) is 0 Å². The smallest absolute Gasteiger partial charge is 0.312 e. The molecule has 6 aliphatic carbocycles. The van der Waals surface area contributed by atoms with E-state index in [1.165, 1.54) is 19.3 Å². The second-order valence-corrected chi connectivity index (χ2v) is 15.9. The van der Waals surface area contributed by atoms with Crippen LogP contribution in [0.4, 0.5) is 8.78 Å². The Bertz CT molecular complexity index is 1230. The van der Waals surface area contributed by atoms with Gasteiger partial charge in [-0.2, -0.15) is 0 Å². The van der Waals surface area contributed by atoms with Gasteiger partial charge in [0.2, 0.25) is 5.91 Å². The summed E-state index contributed by atoms with van der Waals surface area (Å²) in [4.78, 5) is 56.7. The summed E-state index contributed by atoms with van der Waals surface area (Å²) in [6, 6.07) is -0.504. The van der Waals surface area contributed by atoms with Crippen molar-refractivity contribution in [3.8, 4) is 0 Å². The molecule has 1 amide bonds. The monoisotopic (exact) mass is 619 g/mol. The van der Waals surface area contributed by atoms with Crippen molar-refractivity contribution in [3.05, 3.63) is 0 Å². The zero-order chi connectivity index (χ0) is 30.9. The van der Waals surface area contributed by atoms with Crippen LogP contribution in [0.3, 0.4) is 0 Å². The van der Waals surface area contributed by atoms with Crippen molar-refractivity contribution in [1.29, 1.82) is 0 Å². The van der Waals surface area contributed by atoms with Crippen LogP contribution in [0.25, 0.3) is 0 Å². The summed E-state index contributed by atoms with van der Waals surface area (Å²) in [6.07, 6.45) is 6.14. The average Bonchev–Trinajstić information content (AvgIpc) is 3.72. The van der Waals surface area contributed by atoms with E-state index >= 15 is 0 Å². The van der Waals surface area contributed by atoms with E-state index in [1.54, 1.807) is 4.90 Å². The molecule has 11 heteroatoms. The van der Waals surface area contributed by atoms with Crippen molar-refractivity contribution < 1.29 is 46.9 Å². The van der Waals surface area contributed by atoms with E-state index < -0.39 is 72.1 Å². The predicted octanol–water partition coefficient (Wildman–Crippen LogP) is 3.90. The maximum atomic E-state index is 14.1. The van der Waals surface area contributed by atoms with Gasteiger partial charge >= 0.3 is 17.9 Å². The molecular formula is C33H43F2NO8. The number of rotatable bonds is 8. The van der Waals surface area contributed by atoms with E-state index in [0.29, 0.717) is 43.9 Å². The van der Waals surface area contributed by atoms with Crippen LogP contribution in [0, 0.1) is 53.3 Å². The number of likely N-dealkylation sites (tertiary alicyclic amines) is 1. The molecule has 10 atom stereocenters. The topological polar surface area (TPSA) is 108 Å². The summed E-state index contributed by atoms with van der Waals surface area (Å²) in [6.45, 7) is 3.45. The van der Waals surface area contributed by atoms with Crippen LogP contribution in [0.1, 0.15) is 78.6 Å². The van der Waals surface area contributed by atoms with E-state index in [4.69, 9.17) is 18.9 Å². The van der Waals surface area contributed by atoms with Crippen LogP contribution >= 0.6 is 0 Å². The van der Waals surface area contributed by atoms with Gasteiger partial charge in [0.05, 0.1) is 41.9 Å². The van der Waals surface area contributed by atoms with Gasteiger partial charge in [0, 0.05) is 18.9 Å². The Morgan fingerprint density at radius 2 is 1.50 bits per heavy atom. The molecule has 0 spiro atoms. The highest BCUT2D eigenvalue weighted by Gasteiger charge is 2.72.